The van der Waals surface area contributed by atoms with Gasteiger partial charge in [0.05, 0.1) is 12.1 Å². The van der Waals surface area contributed by atoms with Gasteiger partial charge >= 0.3 is 0 Å². The molecule has 0 saturated carbocycles. The van der Waals surface area contributed by atoms with Crippen LogP contribution in [0.1, 0.15) is 21.7 Å². The summed E-state index contributed by atoms with van der Waals surface area (Å²) in [5, 5.41) is 4.14. The van der Waals surface area contributed by atoms with Crippen LogP contribution in [0, 0.1) is 6.92 Å². The van der Waals surface area contributed by atoms with E-state index in [-0.39, 0.29) is 12.1 Å². The largest absolute Gasteiger partial charge is 0.294 e. The zero-order valence-electron chi connectivity index (χ0n) is 14.7. The van der Waals surface area contributed by atoms with Crippen molar-refractivity contribution in [1.29, 1.82) is 0 Å². The van der Waals surface area contributed by atoms with Crippen LogP contribution in [0.5, 0.6) is 0 Å². The van der Waals surface area contributed by atoms with Crippen LogP contribution in [-0.2, 0) is 11.2 Å². The molecule has 2 aromatic carbocycles. The van der Waals surface area contributed by atoms with Crippen molar-refractivity contribution in [2.24, 2.45) is 0 Å². The number of amides is 2. The molecule has 0 aliphatic carbocycles. The van der Waals surface area contributed by atoms with E-state index in [0.717, 1.165) is 11.3 Å². The number of para-hydroxylation sites is 1. The number of carbonyl (C=O) groups excluding carboxylic acids is 2. The number of hydrogen-bond donors (Lipinski definition) is 2. The molecule has 0 radical (unpaired) electrons. The van der Waals surface area contributed by atoms with Gasteiger partial charge in [-0.3, -0.25) is 25.2 Å². The topological polar surface area (TPSA) is 93.1 Å². The van der Waals surface area contributed by atoms with Crippen LogP contribution in [0.2, 0.25) is 0 Å². The van der Waals surface area contributed by atoms with E-state index in [0.29, 0.717) is 5.69 Å². The van der Waals surface area contributed by atoms with Gasteiger partial charge in [-0.2, -0.15) is 5.10 Å². The Morgan fingerprint density at radius 3 is 2.26 bits per heavy atom. The quantitative estimate of drug-likeness (QED) is 0.689. The smallest absolute Gasteiger partial charge is 0.287 e. The Morgan fingerprint density at radius 2 is 1.59 bits per heavy atom. The van der Waals surface area contributed by atoms with Gasteiger partial charge in [0.15, 0.2) is 5.69 Å². The van der Waals surface area contributed by atoms with E-state index in [4.69, 9.17) is 0 Å². The highest BCUT2D eigenvalue weighted by Gasteiger charge is 2.16. The first-order chi connectivity index (χ1) is 13.0. The van der Waals surface area contributed by atoms with Crippen molar-refractivity contribution in [2.45, 2.75) is 13.3 Å². The van der Waals surface area contributed by atoms with Crippen molar-refractivity contribution in [2.75, 3.05) is 0 Å². The van der Waals surface area contributed by atoms with Gasteiger partial charge < -0.3 is 0 Å². The third-order valence-electron chi connectivity index (χ3n) is 3.85. The van der Waals surface area contributed by atoms with Crippen molar-refractivity contribution < 1.29 is 9.59 Å². The van der Waals surface area contributed by atoms with E-state index < -0.39 is 17.2 Å². The lowest BCUT2D eigenvalue weighted by atomic mass is 10.1. The van der Waals surface area contributed by atoms with Gasteiger partial charge in [-0.1, -0.05) is 48.5 Å². The average molecular weight is 362 g/mol. The molecule has 0 unspecified atom stereocenters. The molecule has 3 rings (SSSR count). The van der Waals surface area contributed by atoms with Crippen LogP contribution in [0.3, 0.4) is 0 Å². The molecule has 0 fully saturated rings. The Labute approximate surface area is 155 Å². The van der Waals surface area contributed by atoms with Gasteiger partial charge in [0.1, 0.15) is 0 Å². The zero-order valence-corrected chi connectivity index (χ0v) is 14.7. The second-order valence-corrected chi connectivity index (χ2v) is 5.91. The second-order valence-electron chi connectivity index (χ2n) is 5.91. The highest BCUT2D eigenvalue weighted by molar-refractivity contribution is 5.93. The standard InChI is InChI=1S/C20H18N4O3/c1-14-12-17(25)19(23-24(14)16-10-6-3-7-11-16)20(27)22-21-18(26)13-15-8-4-2-5-9-15/h2-12H,13H2,1H3,(H,21,26)(H,22,27). The Kier molecular flexibility index (Phi) is 5.41. The normalized spacial score (nSPS) is 10.3. The number of hydrazine groups is 1. The maximum Gasteiger partial charge on any atom is 0.294 e. The minimum absolute atomic E-state index is 0.108. The summed E-state index contributed by atoms with van der Waals surface area (Å²) < 4.78 is 1.50. The third-order valence-corrected chi connectivity index (χ3v) is 3.85. The van der Waals surface area contributed by atoms with Gasteiger partial charge in [0.2, 0.25) is 11.3 Å². The first-order valence-corrected chi connectivity index (χ1v) is 8.34. The Bertz CT molecular complexity index is 1010. The molecule has 1 aromatic heterocycles. The van der Waals surface area contributed by atoms with Crippen LogP contribution in [-0.4, -0.2) is 21.6 Å². The van der Waals surface area contributed by atoms with Crippen molar-refractivity contribution in [1.82, 2.24) is 20.6 Å². The van der Waals surface area contributed by atoms with E-state index in [9.17, 15) is 14.4 Å². The molecule has 0 spiro atoms. The molecule has 0 aliphatic heterocycles. The maximum absolute atomic E-state index is 12.3. The molecule has 2 amide bonds. The number of carbonyl (C=O) groups is 2. The highest BCUT2D eigenvalue weighted by atomic mass is 16.2. The van der Waals surface area contributed by atoms with E-state index in [1.54, 1.807) is 19.1 Å². The molecule has 7 heteroatoms. The predicted molar refractivity (Wildman–Crippen MR) is 100 cm³/mol. The number of nitrogens with one attached hydrogen (secondary N) is 2. The lowest BCUT2D eigenvalue weighted by Crippen LogP contribution is -2.44. The van der Waals surface area contributed by atoms with Gasteiger partial charge in [0, 0.05) is 11.8 Å². The average Bonchev–Trinajstić information content (AvgIpc) is 2.68. The number of benzene rings is 2. The first-order valence-electron chi connectivity index (χ1n) is 8.34. The van der Waals surface area contributed by atoms with E-state index in [1.807, 2.05) is 48.5 Å². The van der Waals surface area contributed by atoms with Crippen LogP contribution in [0.25, 0.3) is 5.69 Å². The molecule has 3 aromatic rings. The SMILES string of the molecule is Cc1cc(=O)c(C(=O)NNC(=O)Cc2ccccc2)nn1-c1ccccc1. The molecule has 0 aliphatic rings. The monoisotopic (exact) mass is 362 g/mol. The Morgan fingerprint density at radius 1 is 0.963 bits per heavy atom. The Balaban J connectivity index is 1.73. The van der Waals surface area contributed by atoms with Crippen molar-refractivity contribution in [3.8, 4) is 5.69 Å². The highest BCUT2D eigenvalue weighted by Crippen LogP contribution is 2.07. The molecule has 7 nitrogen and oxygen atoms in total. The zero-order chi connectivity index (χ0) is 19.2. The van der Waals surface area contributed by atoms with Crippen LogP contribution in [0.4, 0.5) is 0 Å². The summed E-state index contributed by atoms with van der Waals surface area (Å²) in [5.41, 5.74) is 5.85. The van der Waals surface area contributed by atoms with Gasteiger partial charge in [0.25, 0.3) is 5.91 Å². The summed E-state index contributed by atoms with van der Waals surface area (Å²) >= 11 is 0. The summed E-state index contributed by atoms with van der Waals surface area (Å²) in [6.07, 6.45) is 0.108. The summed E-state index contributed by atoms with van der Waals surface area (Å²) in [5.74, 6) is -1.17. The van der Waals surface area contributed by atoms with Crippen molar-refractivity contribution in [3.63, 3.8) is 0 Å². The molecular weight excluding hydrogens is 344 g/mol. The second kappa shape index (κ2) is 8.09. The number of nitrogens with zero attached hydrogens (tertiary/aromatic N) is 2. The van der Waals surface area contributed by atoms with Crippen LogP contribution >= 0.6 is 0 Å². The summed E-state index contributed by atoms with van der Waals surface area (Å²) in [6, 6.07) is 19.6. The fourth-order valence-corrected chi connectivity index (χ4v) is 2.55. The molecule has 1 heterocycles. The van der Waals surface area contributed by atoms with Gasteiger partial charge in [-0.15, -0.1) is 0 Å². The summed E-state index contributed by atoms with van der Waals surface area (Å²) in [6.45, 7) is 1.73. The predicted octanol–water partition coefficient (Wildman–Crippen LogP) is 1.54. The van der Waals surface area contributed by atoms with Crippen LogP contribution in [0.15, 0.2) is 71.5 Å². The maximum atomic E-state index is 12.3. The molecule has 0 atom stereocenters. The minimum atomic E-state index is -0.772. The van der Waals surface area contributed by atoms with Gasteiger partial charge in [-0.05, 0) is 24.6 Å². The number of aromatic nitrogens is 2. The first kappa shape index (κ1) is 18.1. The molecule has 136 valence electrons. The lowest BCUT2D eigenvalue weighted by Gasteiger charge is -2.11. The van der Waals surface area contributed by atoms with Crippen molar-refractivity contribution in [3.05, 3.63) is 93.9 Å². The molecule has 0 saturated heterocycles. The fourth-order valence-electron chi connectivity index (χ4n) is 2.55. The number of rotatable bonds is 4. The molecule has 27 heavy (non-hydrogen) atoms. The number of hydrogen-bond acceptors (Lipinski definition) is 4. The van der Waals surface area contributed by atoms with Crippen molar-refractivity contribution >= 4 is 11.8 Å². The molecular formula is C20H18N4O3. The lowest BCUT2D eigenvalue weighted by molar-refractivity contribution is -0.121. The third kappa shape index (κ3) is 4.46. The summed E-state index contributed by atoms with van der Waals surface area (Å²) in [7, 11) is 0. The van der Waals surface area contributed by atoms with E-state index in [1.165, 1.54) is 10.7 Å². The van der Waals surface area contributed by atoms with E-state index >= 15 is 0 Å². The van der Waals surface area contributed by atoms with Crippen LogP contribution < -0.4 is 16.3 Å². The fraction of sp³-hybridized carbons (Fsp3) is 0.100. The summed E-state index contributed by atoms with van der Waals surface area (Å²) in [4.78, 5) is 36.4. The minimum Gasteiger partial charge on any atom is -0.287 e. The number of aryl methyl sites for hydroxylation is 1. The Hall–Kier alpha value is -3.74. The van der Waals surface area contributed by atoms with E-state index in [2.05, 4.69) is 16.0 Å². The molecule has 0 bridgehead atoms. The van der Waals surface area contributed by atoms with Gasteiger partial charge in [-0.25, -0.2) is 4.68 Å². The molecule has 2 N–H and O–H groups in total.